The number of para-hydroxylation sites is 1. The van der Waals surface area contributed by atoms with Gasteiger partial charge in [-0.1, -0.05) is 25.5 Å². The largest absolute Gasteiger partial charge is 0.366 e. The van der Waals surface area contributed by atoms with Crippen LogP contribution in [-0.4, -0.2) is 98.5 Å². The fourth-order valence-electron chi connectivity index (χ4n) is 3.97. The number of carbonyl (C=O) groups excluding carboxylic acids is 2. The number of hydrogen-bond donors (Lipinski definition) is 1. The Labute approximate surface area is 178 Å². The first-order chi connectivity index (χ1) is 14.6. The Hall–Kier alpha value is -2.19. The fraction of sp³-hybridized carbons (Fsp3) is 0.636. The van der Waals surface area contributed by atoms with Crippen molar-refractivity contribution in [1.29, 1.82) is 0 Å². The Morgan fingerprint density at radius 1 is 0.933 bits per heavy atom. The van der Waals surface area contributed by atoms with Gasteiger partial charge in [0.2, 0.25) is 11.8 Å². The molecule has 8 heteroatoms. The van der Waals surface area contributed by atoms with Gasteiger partial charge in [-0.15, -0.1) is 0 Å². The number of amides is 2. The van der Waals surface area contributed by atoms with E-state index in [9.17, 15) is 14.0 Å². The summed E-state index contributed by atoms with van der Waals surface area (Å²) in [5.74, 6) is 0.00355. The molecule has 0 spiro atoms. The zero-order valence-electron chi connectivity index (χ0n) is 18.0. The van der Waals surface area contributed by atoms with Crippen molar-refractivity contribution < 1.29 is 14.0 Å². The number of anilines is 1. The van der Waals surface area contributed by atoms with Crippen LogP contribution in [0.3, 0.4) is 0 Å². The summed E-state index contributed by atoms with van der Waals surface area (Å²) in [5, 5.41) is 2.95. The normalized spacial score (nSPS) is 18.5. The first-order valence-electron chi connectivity index (χ1n) is 11.1. The second kappa shape index (κ2) is 11.3. The van der Waals surface area contributed by atoms with Crippen LogP contribution in [0.4, 0.5) is 10.1 Å². The van der Waals surface area contributed by atoms with Crippen LogP contribution in [0.1, 0.15) is 19.8 Å². The monoisotopic (exact) mass is 419 g/mol. The Morgan fingerprint density at radius 2 is 1.57 bits per heavy atom. The summed E-state index contributed by atoms with van der Waals surface area (Å²) in [6.07, 6.45) is 2.08. The predicted octanol–water partition coefficient (Wildman–Crippen LogP) is 1.01. The molecule has 2 fully saturated rings. The number of unbranched alkanes of at least 4 members (excludes halogenated alkanes) is 1. The minimum Gasteiger partial charge on any atom is -0.366 e. The Balaban J connectivity index is 1.35. The third kappa shape index (κ3) is 6.40. The molecule has 0 aromatic heterocycles. The van der Waals surface area contributed by atoms with Gasteiger partial charge in [0.05, 0.1) is 18.8 Å². The number of benzene rings is 1. The van der Waals surface area contributed by atoms with Crippen molar-refractivity contribution in [2.24, 2.45) is 0 Å². The molecule has 2 amide bonds. The average molecular weight is 420 g/mol. The molecular formula is C22H34FN5O2. The lowest BCUT2D eigenvalue weighted by Gasteiger charge is -2.38. The van der Waals surface area contributed by atoms with Gasteiger partial charge in [-0.2, -0.15) is 0 Å². The summed E-state index contributed by atoms with van der Waals surface area (Å²) in [5.41, 5.74) is 0.611. The molecule has 0 aliphatic carbocycles. The molecule has 0 radical (unpaired) electrons. The molecule has 3 rings (SSSR count). The molecule has 2 aliphatic heterocycles. The summed E-state index contributed by atoms with van der Waals surface area (Å²) in [7, 11) is 0. The Kier molecular flexibility index (Phi) is 8.45. The van der Waals surface area contributed by atoms with Gasteiger partial charge in [0.25, 0.3) is 0 Å². The molecular weight excluding hydrogens is 385 g/mol. The number of halogens is 1. The van der Waals surface area contributed by atoms with E-state index in [4.69, 9.17) is 0 Å². The van der Waals surface area contributed by atoms with Crippen molar-refractivity contribution >= 4 is 17.5 Å². The van der Waals surface area contributed by atoms with Crippen molar-refractivity contribution in [1.82, 2.24) is 20.0 Å². The maximum Gasteiger partial charge on any atom is 0.236 e. The number of rotatable bonds is 8. The average Bonchev–Trinajstić information content (AvgIpc) is 2.76. The molecule has 0 bridgehead atoms. The molecule has 0 atom stereocenters. The third-order valence-corrected chi connectivity index (χ3v) is 5.87. The van der Waals surface area contributed by atoms with E-state index in [1.54, 1.807) is 12.1 Å². The maximum atomic E-state index is 14.0. The van der Waals surface area contributed by atoms with E-state index in [2.05, 4.69) is 22.0 Å². The van der Waals surface area contributed by atoms with E-state index < -0.39 is 0 Å². The van der Waals surface area contributed by atoms with Crippen molar-refractivity contribution in [3.63, 3.8) is 0 Å². The quantitative estimate of drug-likeness (QED) is 0.638. The zero-order chi connectivity index (χ0) is 21.3. The van der Waals surface area contributed by atoms with E-state index in [1.807, 2.05) is 15.9 Å². The second-order valence-corrected chi connectivity index (χ2v) is 8.08. The lowest BCUT2D eigenvalue weighted by Crippen LogP contribution is -2.54. The van der Waals surface area contributed by atoms with E-state index >= 15 is 0 Å². The summed E-state index contributed by atoms with van der Waals surface area (Å²) >= 11 is 0. The number of nitrogens with zero attached hydrogens (tertiary/aromatic N) is 4. The number of piperazine rings is 2. The van der Waals surface area contributed by atoms with Crippen LogP contribution in [0, 0.1) is 5.82 Å². The molecule has 166 valence electrons. The van der Waals surface area contributed by atoms with Crippen LogP contribution < -0.4 is 10.2 Å². The van der Waals surface area contributed by atoms with E-state index in [1.165, 1.54) is 6.07 Å². The van der Waals surface area contributed by atoms with Crippen LogP contribution in [-0.2, 0) is 9.59 Å². The summed E-state index contributed by atoms with van der Waals surface area (Å²) in [4.78, 5) is 32.8. The van der Waals surface area contributed by atoms with Gasteiger partial charge in [0.1, 0.15) is 5.82 Å². The Morgan fingerprint density at radius 3 is 2.20 bits per heavy atom. The van der Waals surface area contributed by atoms with Gasteiger partial charge < -0.3 is 15.1 Å². The van der Waals surface area contributed by atoms with Crippen molar-refractivity contribution in [2.75, 3.05) is 76.9 Å². The zero-order valence-corrected chi connectivity index (χ0v) is 18.0. The standard InChI is InChI=1S/C22H34FN5O2/c1-2-3-8-24-21(29)17-25-9-11-26(12-10-25)18-22(30)28-15-13-27(14-16-28)20-7-5-4-6-19(20)23/h4-7H,2-3,8-18H2,1H3,(H,24,29). The lowest BCUT2D eigenvalue weighted by molar-refractivity contribution is -0.133. The van der Waals surface area contributed by atoms with E-state index in [0.29, 0.717) is 45.0 Å². The Bertz CT molecular complexity index is 701. The highest BCUT2D eigenvalue weighted by molar-refractivity contribution is 5.79. The van der Waals surface area contributed by atoms with Gasteiger partial charge >= 0.3 is 0 Å². The van der Waals surface area contributed by atoms with Crippen molar-refractivity contribution in [2.45, 2.75) is 19.8 Å². The van der Waals surface area contributed by atoms with Gasteiger partial charge in [0.15, 0.2) is 0 Å². The summed E-state index contributed by atoms with van der Waals surface area (Å²) < 4.78 is 14.0. The topological polar surface area (TPSA) is 59.1 Å². The maximum absolute atomic E-state index is 14.0. The SMILES string of the molecule is CCCCNC(=O)CN1CCN(CC(=O)N2CCN(c3ccccc3F)CC2)CC1. The minimum atomic E-state index is -0.214. The first-order valence-corrected chi connectivity index (χ1v) is 11.1. The fourth-order valence-corrected chi connectivity index (χ4v) is 3.97. The highest BCUT2D eigenvalue weighted by atomic mass is 19.1. The molecule has 1 aromatic rings. The third-order valence-electron chi connectivity index (χ3n) is 5.87. The lowest BCUT2D eigenvalue weighted by atomic mass is 10.2. The van der Waals surface area contributed by atoms with Gasteiger partial charge in [-0.05, 0) is 18.6 Å². The molecule has 2 saturated heterocycles. The van der Waals surface area contributed by atoms with Crippen LogP contribution in [0.5, 0.6) is 0 Å². The molecule has 2 heterocycles. The first kappa shape index (κ1) is 22.5. The van der Waals surface area contributed by atoms with E-state index in [0.717, 1.165) is 45.6 Å². The molecule has 0 unspecified atom stereocenters. The highest BCUT2D eigenvalue weighted by Crippen LogP contribution is 2.20. The minimum absolute atomic E-state index is 0.0840. The van der Waals surface area contributed by atoms with E-state index in [-0.39, 0.29) is 17.6 Å². The second-order valence-electron chi connectivity index (χ2n) is 8.08. The van der Waals surface area contributed by atoms with Gasteiger partial charge in [-0.3, -0.25) is 19.4 Å². The molecule has 7 nitrogen and oxygen atoms in total. The molecule has 1 N–H and O–H groups in total. The van der Waals surface area contributed by atoms with Crippen LogP contribution in [0.25, 0.3) is 0 Å². The van der Waals surface area contributed by atoms with Crippen molar-refractivity contribution in [3.05, 3.63) is 30.1 Å². The molecule has 30 heavy (non-hydrogen) atoms. The number of hydrogen-bond acceptors (Lipinski definition) is 5. The molecule has 0 saturated carbocycles. The predicted molar refractivity (Wildman–Crippen MR) is 116 cm³/mol. The summed E-state index contributed by atoms with van der Waals surface area (Å²) in [6, 6.07) is 6.79. The molecule has 2 aliphatic rings. The van der Waals surface area contributed by atoms with Gasteiger partial charge in [-0.25, -0.2) is 4.39 Å². The van der Waals surface area contributed by atoms with Crippen LogP contribution >= 0.6 is 0 Å². The van der Waals surface area contributed by atoms with Crippen LogP contribution in [0.15, 0.2) is 24.3 Å². The van der Waals surface area contributed by atoms with Gasteiger partial charge in [0, 0.05) is 58.9 Å². The highest BCUT2D eigenvalue weighted by Gasteiger charge is 2.26. The smallest absolute Gasteiger partial charge is 0.236 e. The number of carbonyl (C=O) groups is 2. The van der Waals surface area contributed by atoms with Crippen LogP contribution in [0.2, 0.25) is 0 Å². The number of nitrogens with one attached hydrogen (secondary N) is 1. The molecule has 1 aromatic carbocycles. The van der Waals surface area contributed by atoms with Crippen molar-refractivity contribution in [3.8, 4) is 0 Å². The summed E-state index contributed by atoms with van der Waals surface area (Å²) in [6.45, 7) is 9.41.